The topological polar surface area (TPSA) is 43.8 Å². The summed E-state index contributed by atoms with van der Waals surface area (Å²) in [7, 11) is 0. The molecule has 0 radical (unpaired) electrons. The Balaban J connectivity index is 2.46. The molecule has 102 valence electrons. The zero-order valence-electron chi connectivity index (χ0n) is 12.2. The number of aromatic nitrogens is 2. The van der Waals surface area contributed by atoms with E-state index in [2.05, 4.69) is 55.4 Å². The molecule has 3 heteroatoms. The highest BCUT2D eigenvalue weighted by molar-refractivity contribution is 5.41. The van der Waals surface area contributed by atoms with Crippen molar-refractivity contribution in [3.8, 4) is 5.69 Å². The minimum Gasteiger partial charge on any atom is -0.330 e. The van der Waals surface area contributed by atoms with Crippen LogP contribution in [0.1, 0.15) is 36.6 Å². The van der Waals surface area contributed by atoms with Crippen LogP contribution in [-0.2, 0) is 0 Å². The van der Waals surface area contributed by atoms with Gasteiger partial charge in [-0.15, -0.1) is 0 Å². The van der Waals surface area contributed by atoms with E-state index in [0.717, 1.165) is 5.69 Å². The summed E-state index contributed by atoms with van der Waals surface area (Å²) in [4.78, 5) is 4.31. The highest BCUT2D eigenvalue weighted by Gasteiger charge is 2.18. The molecule has 1 atom stereocenters. The molecule has 2 rings (SSSR count). The highest BCUT2D eigenvalue weighted by Crippen LogP contribution is 2.26. The Morgan fingerprint density at radius 1 is 1.21 bits per heavy atom. The fourth-order valence-corrected chi connectivity index (χ4v) is 2.41. The summed E-state index contributed by atoms with van der Waals surface area (Å²) in [6.07, 6.45) is 3.82. The van der Waals surface area contributed by atoms with Gasteiger partial charge >= 0.3 is 0 Å². The normalized spacial score (nSPS) is 12.9. The first kappa shape index (κ1) is 13.8. The van der Waals surface area contributed by atoms with E-state index < -0.39 is 0 Å². The average molecular weight is 257 g/mol. The predicted octanol–water partition coefficient (Wildman–Crippen LogP) is 3.19. The van der Waals surface area contributed by atoms with E-state index in [9.17, 15) is 0 Å². The van der Waals surface area contributed by atoms with Crippen molar-refractivity contribution in [2.24, 2.45) is 11.7 Å². The number of benzene rings is 1. The molecule has 0 bridgehead atoms. The third-order valence-corrected chi connectivity index (χ3v) is 3.87. The Bertz CT molecular complexity index is 555. The van der Waals surface area contributed by atoms with Crippen LogP contribution in [0.15, 0.2) is 30.7 Å². The maximum atomic E-state index is 5.92. The van der Waals surface area contributed by atoms with Gasteiger partial charge in [-0.05, 0) is 43.0 Å². The molecule has 2 N–H and O–H groups in total. The van der Waals surface area contributed by atoms with Gasteiger partial charge in [0, 0.05) is 30.0 Å². The molecule has 1 heterocycles. The standard InChI is InChI=1S/C16H23N3/c1-11(2)15(8-17)16-9-18-10-19(16)14-6-5-12(3)13(4)7-14/h5-7,9-11,15H,8,17H2,1-4H3. The molecule has 0 saturated heterocycles. The first-order valence-corrected chi connectivity index (χ1v) is 6.84. The molecular formula is C16H23N3. The van der Waals surface area contributed by atoms with E-state index in [1.165, 1.54) is 16.8 Å². The minimum atomic E-state index is 0.337. The van der Waals surface area contributed by atoms with Crippen LogP contribution in [-0.4, -0.2) is 16.1 Å². The molecular weight excluding hydrogens is 234 g/mol. The molecule has 0 fully saturated rings. The van der Waals surface area contributed by atoms with Crippen LogP contribution in [0.25, 0.3) is 5.69 Å². The maximum absolute atomic E-state index is 5.92. The zero-order chi connectivity index (χ0) is 14.0. The molecule has 1 aromatic heterocycles. The van der Waals surface area contributed by atoms with Crippen LogP contribution in [0.5, 0.6) is 0 Å². The average Bonchev–Trinajstić information content (AvgIpc) is 2.82. The molecule has 3 nitrogen and oxygen atoms in total. The van der Waals surface area contributed by atoms with Crippen molar-refractivity contribution in [1.29, 1.82) is 0 Å². The Morgan fingerprint density at radius 2 is 1.95 bits per heavy atom. The molecule has 0 aliphatic rings. The summed E-state index contributed by atoms with van der Waals surface area (Å²) >= 11 is 0. The summed E-state index contributed by atoms with van der Waals surface area (Å²) in [5, 5.41) is 0. The molecule has 0 saturated carbocycles. The largest absolute Gasteiger partial charge is 0.330 e. The Morgan fingerprint density at radius 3 is 2.53 bits per heavy atom. The summed E-state index contributed by atoms with van der Waals surface area (Å²) in [6, 6.07) is 6.50. The van der Waals surface area contributed by atoms with E-state index in [0.29, 0.717) is 18.4 Å². The second-order valence-corrected chi connectivity index (χ2v) is 5.54. The smallest absolute Gasteiger partial charge is 0.0994 e. The van der Waals surface area contributed by atoms with Crippen LogP contribution in [0.3, 0.4) is 0 Å². The van der Waals surface area contributed by atoms with Gasteiger partial charge in [-0.3, -0.25) is 0 Å². The molecule has 0 aliphatic heterocycles. The lowest BCUT2D eigenvalue weighted by atomic mass is 9.93. The van der Waals surface area contributed by atoms with E-state index in [1.807, 2.05) is 12.5 Å². The maximum Gasteiger partial charge on any atom is 0.0994 e. The number of nitrogens with two attached hydrogens (primary N) is 1. The summed E-state index contributed by atoms with van der Waals surface area (Å²) < 4.78 is 2.16. The SMILES string of the molecule is Cc1ccc(-n2cncc2C(CN)C(C)C)cc1C. The third-order valence-electron chi connectivity index (χ3n) is 3.87. The van der Waals surface area contributed by atoms with Crippen LogP contribution >= 0.6 is 0 Å². The number of rotatable bonds is 4. The molecule has 1 aromatic carbocycles. The number of aryl methyl sites for hydroxylation is 2. The first-order chi connectivity index (χ1) is 9.04. The van der Waals surface area contributed by atoms with Gasteiger partial charge in [0.1, 0.15) is 0 Å². The number of hydrogen-bond acceptors (Lipinski definition) is 2. The quantitative estimate of drug-likeness (QED) is 0.914. The van der Waals surface area contributed by atoms with E-state index in [-0.39, 0.29) is 0 Å². The van der Waals surface area contributed by atoms with Crippen molar-refractivity contribution in [2.45, 2.75) is 33.6 Å². The van der Waals surface area contributed by atoms with E-state index >= 15 is 0 Å². The van der Waals surface area contributed by atoms with Crippen molar-refractivity contribution in [1.82, 2.24) is 9.55 Å². The van der Waals surface area contributed by atoms with Crippen LogP contribution in [0, 0.1) is 19.8 Å². The van der Waals surface area contributed by atoms with Crippen LogP contribution in [0.4, 0.5) is 0 Å². The van der Waals surface area contributed by atoms with Crippen molar-refractivity contribution in [3.63, 3.8) is 0 Å². The molecule has 0 spiro atoms. The Hall–Kier alpha value is -1.61. The third kappa shape index (κ3) is 2.71. The number of nitrogens with zero attached hydrogens (tertiary/aromatic N) is 2. The molecule has 1 unspecified atom stereocenters. The van der Waals surface area contributed by atoms with Gasteiger partial charge in [-0.2, -0.15) is 0 Å². The van der Waals surface area contributed by atoms with Gasteiger partial charge in [-0.1, -0.05) is 19.9 Å². The molecule has 2 aromatic rings. The second-order valence-electron chi connectivity index (χ2n) is 5.54. The lowest BCUT2D eigenvalue weighted by Crippen LogP contribution is -2.20. The fourth-order valence-electron chi connectivity index (χ4n) is 2.41. The summed E-state index contributed by atoms with van der Waals surface area (Å²) in [6.45, 7) is 9.32. The van der Waals surface area contributed by atoms with Crippen molar-refractivity contribution in [2.75, 3.05) is 6.54 Å². The van der Waals surface area contributed by atoms with E-state index in [1.54, 1.807) is 0 Å². The summed E-state index contributed by atoms with van der Waals surface area (Å²) in [5.74, 6) is 0.844. The Labute approximate surface area is 115 Å². The highest BCUT2D eigenvalue weighted by atomic mass is 15.1. The van der Waals surface area contributed by atoms with Gasteiger partial charge in [0.2, 0.25) is 0 Å². The van der Waals surface area contributed by atoms with E-state index in [4.69, 9.17) is 5.73 Å². The van der Waals surface area contributed by atoms with Crippen molar-refractivity contribution in [3.05, 3.63) is 47.5 Å². The predicted molar refractivity (Wildman–Crippen MR) is 79.7 cm³/mol. The molecule has 0 amide bonds. The second kappa shape index (κ2) is 5.57. The molecule has 0 aliphatic carbocycles. The van der Waals surface area contributed by atoms with Gasteiger partial charge in [0.25, 0.3) is 0 Å². The van der Waals surface area contributed by atoms with Crippen LogP contribution < -0.4 is 5.73 Å². The van der Waals surface area contributed by atoms with Gasteiger partial charge in [0.05, 0.1) is 6.33 Å². The van der Waals surface area contributed by atoms with Gasteiger partial charge in [0.15, 0.2) is 0 Å². The van der Waals surface area contributed by atoms with Crippen molar-refractivity contribution < 1.29 is 0 Å². The monoisotopic (exact) mass is 257 g/mol. The number of imidazole rings is 1. The fraction of sp³-hybridized carbons (Fsp3) is 0.438. The Kier molecular flexibility index (Phi) is 4.05. The lowest BCUT2D eigenvalue weighted by molar-refractivity contribution is 0.490. The minimum absolute atomic E-state index is 0.337. The summed E-state index contributed by atoms with van der Waals surface area (Å²) in [5.41, 5.74) is 10.9. The van der Waals surface area contributed by atoms with Gasteiger partial charge < -0.3 is 10.3 Å². The molecule has 19 heavy (non-hydrogen) atoms. The van der Waals surface area contributed by atoms with Crippen molar-refractivity contribution >= 4 is 0 Å². The number of hydrogen-bond donors (Lipinski definition) is 1. The van der Waals surface area contributed by atoms with Crippen LogP contribution in [0.2, 0.25) is 0 Å². The van der Waals surface area contributed by atoms with Gasteiger partial charge in [-0.25, -0.2) is 4.98 Å². The first-order valence-electron chi connectivity index (χ1n) is 6.84. The zero-order valence-corrected chi connectivity index (χ0v) is 12.2. The lowest BCUT2D eigenvalue weighted by Gasteiger charge is -2.21.